The van der Waals surface area contributed by atoms with Crippen LogP contribution in [0.2, 0.25) is 5.02 Å². The second-order valence-electron chi connectivity index (χ2n) is 6.74. The van der Waals surface area contributed by atoms with Crippen molar-refractivity contribution < 1.29 is 19.1 Å². The molecule has 1 aromatic carbocycles. The number of alkyl carbamates (subject to hydrolysis) is 1. The summed E-state index contributed by atoms with van der Waals surface area (Å²) in [6.07, 6.45) is 0.390. The van der Waals surface area contributed by atoms with Crippen molar-refractivity contribution in [2.75, 3.05) is 20.7 Å². The minimum Gasteiger partial charge on any atom is -0.496 e. The third kappa shape index (κ3) is 8.12. The van der Waals surface area contributed by atoms with Crippen LogP contribution in [-0.2, 0) is 16.1 Å². The minimum absolute atomic E-state index is 0.0204. The fraction of sp³-hybridized carbons (Fsp3) is 0.556. The van der Waals surface area contributed by atoms with Crippen molar-refractivity contribution in [1.29, 1.82) is 0 Å². The lowest BCUT2D eigenvalue weighted by molar-refractivity contribution is -0.130. The summed E-state index contributed by atoms with van der Waals surface area (Å²) in [5.74, 6) is 0.670. The summed E-state index contributed by atoms with van der Waals surface area (Å²) in [4.78, 5) is 25.4. The number of nitrogens with zero attached hydrogens (tertiary/aromatic N) is 1. The maximum absolute atomic E-state index is 12.2. The van der Waals surface area contributed by atoms with E-state index in [9.17, 15) is 9.59 Å². The van der Waals surface area contributed by atoms with E-state index in [1.165, 1.54) is 0 Å². The highest BCUT2D eigenvalue weighted by atomic mass is 35.5. The summed E-state index contributed by atoms with van der Waals surface area (Å²) < 4.78 is 10.4. The third-order valence-electron chi connectivity index (χ3n) is 3.31. The highest BCUT2D eigenvalue weighted by Gasteiger charge is 2.16. The first kappa shape index (κ1) is 21.1. The molecule has 6 nitrogen and oxygen atoms in total. The SMILES string of the molecule is COc1ccc(Cl)cc1CN(C)C(=O)CCCNC(=O)OC(C)(C)C. The Morgan fingerprint density at radius 2 is 1.96 bits per heavy atom. The number of benzene rings is 1. The molecule has 2 amide bonds. The van der Waals surface area contributed by atoms with Crippen molar-refractivity contribution in [2.45, 2.75) is 45.8 Å². The van der Waals surface area contributed by atoms with E-state index in [1.807, 2.05) is 0 Å². The van der Waals surface area contributed by atoms with Crippen LogP contribution < -0.4 is 10.1 Å². The molecule has 0 spiro atoms. The van der Waals surface area contributed by atoms with Crippen LogP contribution in [0.1, 0.15) is 39.2 Å². The van der Waals surface area contributed by atoms with E-state index in [0.29, 0.717) is 36.7 Å². The zero-order chi connectivity index (χ0) is 19.0. The van der Waals surface area contributed by atoms with Crippen LogP contribution in [0.3, 0.4) is 0 Å². The Bertz CT molecular complexity index is 599. The number of hydrogen-bond donors (Lipinski definition) is 1. The molecule has 1 rings (SSSR count). The first-order valence-electron chi connectivity index (χ1n) is 8.15. The number of carbonyl (C=O) groups excluding carboxylic acids is 2. The molecule has 0 aliphatic carbocycles. The second kappa shape index (κ2) is 9.51. The van der Waals surface area contributed by atoms with E-state index >= 15 is 0 Å². The summed E-state index contributed by atoms with van der Waals surface area (Å²) in [6, 6.07) is 5.31. The van der Waals surface area contributed by atoms with Gasteiger partial charge in [0.25, 0.3) is 0 Å². The van der Waals surface area contributed by atoms with Gasteiger partial charge in [-0.25, -0.2) is 4.79 Å². The van der Waals surface area contributed by atoms with Gasteiger partial charge in [0, 0.05) is 37.1 Å². The molecular formula is C18H27ClN2O4. The molecule has 1 N–H and O–H groups in total. The fourth-order valence-corrected chi connectivity index (χ4v) is 2.34. The molecule has 25 heavy (non-hydrogen) atoms. The van der Waals surface area contributed by atoms with Crippen LogP contribution in [0.4, 0.5) is 4.79 Å². The van der Waals surface area contributed by atoms with Gasteiger partial charge in [-0.05, 0) is 45.4 Å². The predicted molar refractivity (Wildman–Crippen MR) is 97.9 cm³/mol. The number of ether oxygens (including phenoxy) is 2. The smallest absolute Gasteiger partial charge is 0.407 e. The molecule has 0 atom stereocenters. The van der Waals surface area contributed by atoms with E-state index in [1.54, 1.807) is 58.0 Å². The van der Waals surface area contributed by atoms with Gasteiger partial charge in [0.15, 0.2) is 0 Å². The fourth-order valence-electron chi connectivity index (χ4n) is 2.15. The molecule has 0 bridgehead atoms. The summed E-state index contributed by atoms with van der Waals surface area (Å²) >= 11 is 6.00. The normalized spacial score (nSPS) is 11.0. The standard InChI is InChI=1S/C18H27ClN2O4/c1-18(2,3)25-17(23)20-10-6-7-16(22)21(4)12-13-11-14(19)8-9-15(13)24-5/h8-9,11H,6-7,10,12H2,1-5H3,(H,20,23). The molecule has 0 aromatic heterocycles. The highest BCUT2D eigenvalue weighted by molar-refractivity contribution is 6.30. The van der Waals surface area contributed by atoms with Crippen LogP contribution in [0.5, 0.6) is 5.75 Å². The Kier molecular flexibility index (Phi) is 8.03. The van der Waals surface area contributed by atoms with E-state index in [2.05, 4.69) is 5.32 Å². The van der Waals surface area contributed by atoms with Gasteiger partial charge in [0.1, 0.15) is 11.4 Å². The van der Waals surface area contributed by atoms with Gasteiger partial charge in [0.2, 0.25) is 5.91 Å². The molecule has 0 aliphatic rings. The number of methoxy groups -OCH3 is 1. The molecular weight excluding hydrogens is 344 g/mol. The zero-order valence-corrected chi connectivity index (χ0v) is 16.3. The van der Waals surface area contributed by atoms with Crippen LogP contribution in [0, 0.1) is 0 Å². The Morgan fingerprint density at radius 3 is 2.56 bits per heavy atom. The molecule has 0 saturated heterocycles. The summed E-state index contributed by atoms with van der Waals surface area (Å²) in [7, 11) is 3.31. The molecule has 0 heterocycles. The van der Waals surface area contributed by atoms with Crippen molar-refractivity contribution in [3.05, 3.63) is 28.8 Å². The number of rotatable bonds is 7. The van der Waals surface area contributed by atoms with Crippen molar-refractivity contribution in [2.24, 2.45) is 0 Å². The Morgan fingerprint density at radius 1 is 1.28 bits per heavy atom. The monoisotopic (exact) mass is 370 g/mol. The Hall–Kier alpha value is -1.95. The maximum Gasteiger partial charge on any atom is 0.407 e. The summed E-state index contributed by atoms with van der Waals surface area (Å²) in [5.41, 5.74) is 0.314. The number of nitrogens with one attached hydrogen (secondary N) is 1. The van der Waals surface area contributed by atoms with Gasteiger partial charge in [0.05, 0.1) is 7.11 Å². The Balaban J connectivity index is 2.40. The average molecular weight is 371 g/mol. The number of halogens is 1. The van der Waals surface area contributed by atoms with E-state index < -0.39 is 11.7 Å². The Labute approximate surface area is 154 Å². The highest BCUT2D eigenvalue weighted by Crippen LogP contribution is 2.23. The molecule has 0 fully saturated rings. The molecule has 0 aliphatic heterocycles. The molecule has 1 aromatic rings. The number of hydrogen-bond acceptors (Lipinski definition) is 4. The number of amides is 2. The van der Waals surface area contributed by atoms with E-state index in [-0.39, 0.29) is 5.91 Å². The summed E-state index contributed by atoms with van der Waals surface area (Å²) in [5, 5.41) is 3.24. The van der Waals surface area contributed by atoms with Gasteiger partial charge < -0.3 is 19.7 Å². The van der Waals surface area contributed by atoms with Crippen LogP contribution in [-0.4, -0.2) is 43.2 Å². The largest absolute Gasteiger partial charge is 0.496 e. The first-order chi connectivity index (χ1) is 11.6. The maximum atomic E-state index is 12.2. The molecule has 0 radical (unpaired) electrons. The van der Waals surface area contributed by atoms with Crippen molar-refractivity contribution in [1.82, 2.24) is 10.2 Å². The van der Waals surface area contributed by atoms with Crippen LogP contribution >= 0.6 is 11.6 Å². The molecule has 0 saturated carbocycles. The van der Waals surface area contributed by atoms with Crippen LogP contribution in [0.15, 0.2) is 18.2 Å². The lowest BCUT2D eigenvalue weighted by Gasteiger charge is -2.20. The van der Waals surface area contributed by atoms with Gasteiger partial charge in [-0.15, -0.1) is 0 Å². The van der Waals surface area contributed by atoms with Crippen LogP contribution in [0.25, 0.3) is 0 Å². The quantitative estimate of drug-likeness (QED) is 0.744. The molecule has 0 unspecified atom stereocenters. The van der Waals surface area contributed by atoms with E-state index in [0.717, 1.165) is 5.56 Å². The van der Waals surface area contributed by atoms with E-state index in [4.69, 9.17) is 21.1 Å². The molecule has 7 heteroatoms. The average Bonchev–Trinajstić information content (AvgIpc) is 2.49. The van der Waals surface area contributed by atoms with Crippen molar-refractivity contribution >= 4 is 23.6 Å². The number of carbonyl (C=O) groups is 2. The van der Waals surface area contributed by atoms with Gasteiger partial charge in [-0.1, -0.05) is 11.6 Å². The van der Waals surface area contributed by atoms with Crippen molar-refractivity contribution in [3.8, 4) is 5.75 Å². The van der Waals surface area contributed by atoms with Gasteiger partial charge >= 0.3 is 6.09 Å². The minimum atomic E-state index is -0.532. The predicted octanol–water partition coefficient (Wildman–Crippen LogP) is 3.61. The third-order valence-corrected chi connectivity index (χ3v) is 3.55. The second-order valence-corrected chi connectivity index (χ2v) is 7.17. The summed E-state index contributed by atoms with van der Waals surface area (Å²) in [6.45, 7) is 6.19. The topological polar surface area (TPSA) is 67.9 Å². The molecule has 140 valence electrons. The van der Waals surface area contributed by atoms with Crippen molar-refractivity contribution in [3.63, 3.8) is 0 Å². The van der Waals surface area contributed by atoms with Gasteiger partial charge in [-0.2, -0.15) is 0 Å². The van der Waals surface area contributed by atoms with Gasteiger partial charge in [-0.3, -0.25) is 4.79 Å². The zero-order valence-electron chi connectivity index (χ0n) is 15.5. The lowest BCUT2D eigenvalue weighted by atomic mass is 10.2. The first-order valence-corrected chi connectivity index (χ1v) is 8.53. The lowest BCUT2D eigenvalue weighted by Crippen LogP contribution is -2.33.